The van der Waals surface area contributed by atoms with Crippen LogP contribution in [0.4, 0.5) is 11.4 Å². The molecule has 0 radical (unpaired) electrons. The van der Waals surface area contributed by atoms with E-state index in [9.17, 15) is 36.1 Å². The highest BCUT2D eigenvalue weighted by Crippen LogP contribution is 2.32. The minimum absolute atomic E-state index is 0.177. The van der Waals surface area contributed by atoms with Gasteiger partial charge in [0.25, 0.3) is 25.8 Å². The van der Waals surface area contributed by atoms with Crippen LogP contribution < -0.4 is 5.56 Å². The average molecular weight is 517 g/mol. The van der Waals surface area contributed by atoms with E-state index in [0.717, 1.165) is 28.9 Å². The second-order valence-electron chi connectivity index (χ2n) is 6.47. The standard InChI is InChI=1S/C17H13ClN4O9S2/c1-8-15(16(23)22(21-8)10-2-4-11(5-3-10)32(26,27)28)20-19-12-6-9(18)7-13(33(29,30)31)14(12)17(24)25/h2-7,21H,1H3,(H,24,25)(H,26,27,28)(H,29,30,31). The molecule has 0 aliphatic rings. The van der Waals surface area contributed by atoms with E-state index in [4.69, 9.17) is 16.2 Å². The summed E-state index contributed by atoms with van der Waals surface area (Å²) < 4.78 is 64.7. The SMILES string of the molecule is Cc1[nH]n(-c2ccc(S(=O)(=O)O)cc2)c(=O)c1N=Nc1cc(Cl)cc(S(=O)(=O)O)c1C(=O)O. The first-order valence-corrected chi connectivity index (χ1v) is 11.8. The number of rotatable bonds is 6. The molecule has 0 fully saturated rings. The van der Waals surface area contributed by atoms with Crippen molar-refractivity contribution < 1.29 is 35.8 Å². The fourth-order valence-electron chi connectivity index (χ4n) is 2.77. The predicted molar refractivity (Wildman–Crippen MR) is 113 cm³/mol. The summed E-state index contributed by atoms with van der Waals surface area (Å²) in [6.45, 7) is 1.44. The molecule has 4 N–H and O–H groups in total. The van der Waals surface area contributed by atoms with Gasteiger partial charge in [0, 0.05) is 5.02 Å². The Morgan fingerprint density at radius 2 is 1.64 bits per heavy atom. The van der Waals surface area contributed by atoms with Gasteiger partial charge in [-0.3, -0.25) is 19.0 Å². The first-order chi connectivity index (χ1) is 15.2. The van der Waals surface area contributed by atoms with Gasteiger partial charge in [0.1, 0.15) is 16.1 Å². The lowest BCUT2D eigenvalue weighted by molar-refractivity contribution is 0.0693. The second kappa shape index (κ2) is 8.53. The first-order valence-electron chi connectivity index (χ1n) is 8.56. The van der Waals surface area contributed by atoms with Gasteiger partial charge in [0.2, 0.25) is 0 Å². The molecule has 0 saturated carbocycles. The maximum atomic E-state index is 12.7. The number of hydrogen-bond donors (Lipinski definition) is 4. The summed E-state index contributed by atoms with van der Waals surface area (Å²) in [5, 5.41) is 19.2. The highest BCUT2D eigenvalue weighted by atomic mass is 35.5. The number of H-pyrrole nitrogens is 1. The van der Waals surface area contributed by atoms with Gasteiger partial charge >= 0.3 is 5.97 Å². The van der Waals surface area contributed by atoms with E-state index in [0.29, 0.717) is 0 Å². The van der Waals surface area contributed by atoms with Crippen molar-refractivity contribution in [2.45, 2.75) is 16.7 Å². The predicted octanol–water partition coefficient (Wildman–Crippen LogP) is 2.73. The topological polar surface area (TPSA) is 209 Å². The fraction of sp³-hybridized carbons (Fsp3) is 0.0588. The quantitative estimate of drug-likeness (QED) is 0.280. The lowest BCUT2D eigenvalue weighted by Crippen LogP contribution is -2.14. The summed E-state index contributed by atoms with van der Waals surface area (Å²) in [5.41, 5.74) is -2.12. The molecule has 174 valence electrons. The van der Waals surface area contributed by atoms with Crippen LogP contribution in [-0.4, -0.2) is 46.8 Å². The number of halogens is 1. The molecule has 13 nitrogen and oxygen atoms in total. The van der Waals surface area contributed by atoms with Gasteiger partial charge in [0.05, 0.1) is 16.3 Å². The van der Waals surface area contributed by atoms with Gasteiger partial charge in [-0.05, 0) is 43.3 Å². The van der Waals surface area contributed by atoms with E-state index in [2.05, 4.69) is 15.3 Å². The molecule has 0 amide bonds. The number of aromatic amines is 1. The highest BCUT2D eigenvalue weighted by molar-refractivity contribution is 7.86. The number of hydrogen-bond acceptors (Lipinski definition) is 8. The van der Waals surface area contributed by atoms with E-state index in [1.807, 2.05) is 0 Å². The third kappa shape index (κ3) is 5.01. The molecule has 0 unspecified atom stereocenters. The molecule has 0 bridgehead atoms. The van der Waals surface area contributed by atoms with Crippen LogP contribution in [-0.2, 0) is 20.2 Å². The fourth-order valence-corrected chi connectivity index (χ4v) is 4.26. The normalized spacial score (nSPS) is 12.4. The van der Waals surface area contributed by atoms with Crippen LogP contribution in [0.15, 0.2) is 61.2 Å². The van der Waals surface area contributed by atoms with Crippen molar-refractivity contribution in [1.29, 1.82) is 0 Å². The molecule has 16 heteroatoms. The third-order valence-electron chi connectivity index (χ3n) is 4.23. The number of azo groups is 1. The smallest absolute Gasteiger partial charge is 0.339 e. The van der Waals surface area contributed by atoms with Gasteiger partial charge in [0.15, 0.2) is 5.69 Å². The van der Waals surface area contributed by atoms with Gasteiger partial charge in [-0.1, -0.05) is 11.6 Å². The van der Waals surface area contributed by atoms with Crippen molar-refractivity contribution in [3.05, 3.63) is 63.0 Å². The molecular formula is C17H13ClN4O9S2. The van der Waals surface area contributed by atoms with Gasteiger partial charge < -0.3 is 5.11 Å². The number of benzene rings is 2. The van der Waals surface area contributed by atoms with E-state index in [-0.39, 0.29) is 27.0 Å². The minimum Gasteiger partial charge on any atom is -0.478 e. The van der Waals surface area contributed by atoms with Crippen LogP contribution in [0.1, 0.15) is 16.1 Å². The van der Waals surface area contributed by atoms with Gasteiger partial charge in [-0.25, -0.2) is 9.48 Å². The van der Waals surface area contributed by atoms with Crippen molar-refractivity contribution in [1.82, 2.24) is 9.78 Å². The van der Waals surface area contributed by atoms with Crippen LogP contribution in [0.3, 0.4) is 0 Å². The molecule has 1 heterocycles. The second-order valence-corrected chi connectivity index (χ2v) is 9.72. The first kappa shape index (κ1) is 24.3. The van der Waals surface area contributed by atoms with Crippen molar-refractivity contribution in [3.8, 4) is 5.69 Å². The third-order valence-corrected chi connectivity index (χ3v) is 6.19. The average Bonchev–Trinajstić information content (AvgIpc) is 2.98. The zero-order valence-electron chi connectivity index (χ0n) is 16.3. The van der Waals surface area contributed by atoms with E-state index in [1.165, 1.54) is 19.1 Å². The Morgan fingerprint density at radius 1 is 1.03 bits per heavy atom. The van der Waals surface area contributed by atoms with Gasteiger partial charge in [-0.2, -0.15) is 16.8 Å². The summed E-state index contributed by atoms with van der Waals surface area (Å²) in [6, 6.07) is 6.31. The Labute approximate surface area is 190 Å². The molecule has 0 atom stereocenters. The number of carboxylic acids is 1. The summed E-state index contributed by atoms with van der Waals surface area (Å²) in [7, 11) is -9.40. The molecule has 0 aliphatic carbocycles. The van der Waals surface area contributed by atoms with E-state index >= 15 is 0 Å². The maximum Gasteiger partial charge on any atom is 0.339 e. The minimum atomic E-state index is -4.97. The maximum absolute atomic E-state index is 12.7. The number of carbonyl (C=O) groups is 1. The zero-order chi connectivity index (χ0) is 24.7. The number of nitrogens with zero attached hydrogens (tertiary/aromatic N) is 3. The molecule has 0 saturated heterocycles. The molecule has 0 aliphatic heterocycles. The Balaban J connectivity index is 2.10. The number of aryl methyl sites for hydroxylation is 1. The number of aromatic carboxylic acids is 1. The van der Waals surface area contributed by atoms with Crippen molar-refractivity contribution >= 4 is 49.2 Å². The van der Waals surface area contributed by atoms with Crippen LogP contribution >= 0.6 is 11.6 Å². The van der Waals surface area contributed by atoms with E-state index < -0.39 is 47.9 Å². The molecule has 3 rings (SSSR count). The Morgan fingerprint density at radius 3 is 2.15 bits per heavy atom. The molecule has 0 spiro atoms. The molecular weight excluding hydrogens is 504 g/mol. The Bertz CT molecular complexity index is 1570. The summed E-state index contributed by atoms with van der Waals surface area (Å²) in [5.74, 6) is -1.74. The highest BCUT2D eigenvalue weighted by Gasteiger charge is 2.25. The van der Waals surface area contributed by atoms with Crippen molar-refractivity contribution in [3.63, 3.8) is 0 Å². The van der Waals surface area contributed by atoms with Crippen LogP contribution in [0, 0.1) is 6.92 Å². The monoisotopic (exact) mass is 516 g/mol. The molecule has 1 aromatic heterocycles. The Hall–Kier alpha value is -3.37. The van der Waals surface area contributed by atoms with Gasteiger partial charge in [-0.15, -0.1) is 10.2 Å². The van der Waals surface area contributed by atoms with Crippen molar-refractivity contribution in [2.75, 3.05) is 0 Å². The number of carboxylic acid groups (broad SMARTS) is 1. The molecule has 33 heavy (non-hydrogen) atoms. The number of aromatic nitrogens is 2. The van der Waals surface area contributed by atoms with Crippen LogP contribution in [0.2, 0.25) is 5.02 Å². The summed E-state index contributed by atoms with van der Waals surface area (Å²) >= 11 is 5.80. The largest absolute Gasteiger partial charge is 0.478 e. The van der Waals surface area contributed by atoms with E-state index in [1.54, 1.807) is 0 Å². The lowest BCUT2D eigenvalue weighted by atomic mass is 10.2. The molecule has 2 aromatic carbocycles. The van der Waals surface area contributed by atoms with Crippen molar-refractivity contribution in [2.24, 2.45) is 10.2 Å². The Kier molecular flexibility index (Phi) is 6.27. The van der Waals surface area contributed by atoms with Crippen LogP contribution in [0.5, 0.6) is 0 Å². The zero-order valence-corrected chi connectivity index (χ0v) is 18.7. The lowest BCUT2D eigenvalue weighted by Gasteiger charge is -2.06. The number of nitrogens with one attached hydrogen (secondary N) is 1. The molecule has 3 aromatic rings. The van der Waals surface area contributed by atoms with Crippen LogP contribution in [0.25, 0.3) is 5.69 Å². The summed E-state index contributed by atoms with van der Waals surface area (Å²) in [4.78, 5) is 22.9. The summed E-state index contributed by atoms with van der Waals surface area (Å²) in [6.07, 6.45) is 0.